The van der Waals surface area contributed by atoms with Crippen LogP contribution in [0.5, 0.6) is 0 Å². The van der Waals surface area contributed by atoms with Crippen LogP contribution in [0.4, 0.5) is 0 Å². The van der Waals surface area contributed by atoms with Crippen LogP contribution in [-0.2, 0) is 0 Å². The van der Waals surface area contributed by atoms with Crippen LogP contribution in [0.1, 0.15) is 0 Å². The van der Waals surface area contributed by atoms with Gasteiger partial charge in [-0.25, -0.2) is 0 Å². The SMILES string of the molecule is Clc1ccc(-c2cccc(-n3c4ccccc4c4ccccc43)c2)cc1-c1ccccc1. The second-order valence-electron chi connectivity index (χ2n) is 7.98. The first kappa shape index (κ1) is 18.9. The molecule has 0 saturated carbocycles. The quantitative estimate of drug-likeness (QED) is 0.265. The van der Waals surface area contributed by atoms with E-state index in [0.29, 0.717) is 0 Å². The first-order valence-electron chi connectivity index (χ1n) is 10.7. The lowest BCUT2D eigenvalue weighted by molar-refractivity contribution is 1.18. The zero-order valence-corrected chi connectivity index (χ0v) is 18.1. The summed E-state index contributed by atoms with van der Waals surface area (Å²) in [5.41, 5.74) is 8.06. The van der Waals surface area contributed by atoms with Crippen molar-refractivity contribution in [2.24, 2.45) is 0 Å². The molecule has 0 aliphatic heterocycles. The van der Waals surface area contributed by atoms with Gasteiger partial charge in [0.2, 0.25) is 0 Å². The van der Waals surface area contributed by atoms with Crippen molar-refractivity contribution in [2.45, 2.75) is 0 Å². The van der Waals surface area contributed by atoms with Gasteiger partial charge in [-0.3, -0.25) is 0 Å². The van der Waals surface area contributed by atoms with E-state index in [-0.39, 0.29) is 0 Å². The topological polar surface area (TPSA) is 4.93 Å². The number of nitrogens with zero attached hydrogens (tertiary/aromatic N) is 1. The Morgan fingerprint density at radius 3 is 1.78 bits per heavy atom. The summed E-state index contributed by atoms with van der Waals surface area (Å²) in [5, 5.41) is 3.30. The van der Waals surface area contributed by atoms with Gasteiger partial charge in [0.15, 0.2) is 0 Å². The molecule has 1 heterocycles. The van der Waals surface area contributed by atoms with Gasteiger partial charge in [0.1, 0.15) is 0 Å². The molecule has 32 heavy (non-hydrogen) atoms. The molecular formula is C30H20ClN. The predicted molar refractivity (Wildman–Crippen MR) is 137 cm³/mol. The number of fused-ring (bicyclic) bond motifs is 3. The van der Waals surface area contributed by atoms with Crippen LogP contribution in [0.15, 0.2) is 121 Å². The molecule has 0 N–H and O–H groups in total. The fourth-order valence-electron chi connectivity index (χ4n) is 4.57. The van der Waals surface area contributed by atoms with E-state index >= 15 is 0 Å². The van der Waals surface area contributed by atoms with Crippen LogP contribution < -0.4 is 0 Å². The van der Waals surface area contributed by atoms with Gasteiger partial charge in [-0.1, -0.05) is 96.5 Å². The van der Waals surface area contributed by atoms with Crippen LogP contribution in [0.25, 0.3) is 49.7 Å². The molecule has 6 aromatic rings. The van der Waals surface area contributed by atoms with E-state index in [1.54, 1.807) is 0 Å². The zero-order valence-electron chi connectivity index (χ0n) is 17.4. The summed E-state index contributed by atoms with van der Waals surface area (Å²) in [7, 11) is 0. The summed E-state index contributed by atoms with van der Waals surface area (Å²) in [4.78, 5) is 0. The number of benzene rings is 5. The van der Waals surface area contributed by atoms with E-state index in [9.17, 15) is 0 Å². The molecule has 0 amide bonds. The van der Waals surface area contributed by atoms with Gasteiger partial charge in [-0.15, -0.1) is 0 Å². The van der Waals surface area contributed by atoms with Crippen molar-refractivity contribution in [1.82, 2.24) is 4.57 Å². The molecule has 0 spiro atoms. The maximum absolute atomic E-state index is 6.56. The first-order valence-corrected chi connectivity index (χ1v) is 11.1. The standard InChI is InChI=1S/C30H20ClN/c31-28-18-17-23(20-27(28)21-9-2-1-3-10-21)22-11-8-12-24(19-22)32-29-15-6-4-13-25(29)26-14-5-7-16-30(26)32/h1-20H. The predicted octanol–water partition coefficient (Wildman–Crippen LogP) is 8.77. The molecule has 0 unspecified atom stereocenters. The maximum Gasteiger partial charge on any atom is 0.0541 e. The van der Waals surface area contributed by atoms with Crippen molar-refractivity contribution in [1.29, 1.82) is 0 Å². The molecule has 0 aliphatic carbocycles. The minimum absolute atomic E-state index is 0.763. The highest BCUT2D eigenvalue weighted by Gasteiger charge is 2.12. The molecule has 1 aromatic heterocycles. The number of para-hydroxylation sites is 2. The largest absolute Gasteiger partial charge is 0.309 e. The van der Waals surface area contributed by atoms with Gasteiger partial charge in [0, 0.05) is 27.0 Å². The van der Waals surface area contributed by atoms with Crippen LogP contribution in [0.3, 0.4) is 0 Å². The summed E-state index contributed by atoms with van der Waals surface area (Å²) in [6.07, 6.45) is 0. The van der Waals surface area contributed by atoms with Crippen molar-refractivity contribution in [2.75, 3.05) is 0 Å². The smallest absolute Gasteiger partial charge is 0.0541 e. The van der Waals surface area contributed by atoms with Crippen molar-refractivity contribution in [3.63, 3.8) is 0 Å². The molecule has 0 atom stereocenters. The average Bonchev–Trinajstić information content (AvgIpc) is 3.19. The second kappa shape index (κ2) is 7.71. The lowest BCUT2D eigenvalue weighted by Gasteiger charge is -2.12. The summed E-state index contributed by atoms with van der Waals surface area (Å²) in [6, 6.07) is 42.5. The summed E-state index contributed by atoms with van der Waals surface area (Å²) in [5.74, 6) is 0. The van der Waals surface area contributed by atoms with E-state index in [0.717, 1.165) is 27.4 Å². The molecule has 0 aliphatic rings. The van der Waals surface area contributed by atoms with E-state index in [2.05, 4.69) is 102 Å². The van der Waals surface area contributed by atoms with Crippen molar-refractivity contribution < 1.29 is 0 Å². The number of halogens is 1. The summed E-state index contributed by atoms with van der Waals surface area (Å²) < 4.78 is 2.35. The summed E-state index contributed by atoms with van der Waals surface area (Å²) in [6.45, 7) is 0. The Hall–Kier alpha value is -3.81. The van der Waals surface area contributed by atoms with Gasteiger partial charge in [-0.2, -0.15) is 0 Å². The first-order chi connectivity index (χ1) is 15.8. The highest BCUT2D eigenvalue weighted by atomic mass is 35.5. The Labute approximate surface area is 192 Å². The fraction of sp³-hybridized carbons (Fsp3) is 0. The van der Waals surface area contributed by atoms with Crippen LogP contribution in [0, 0.1) is 0 Å². The van der Waals surface area contributed by atoms with Gasteiger partial charge in [0.05, 0.1) is 11.0 Å². The zero-order chi connectivity index (χ0) is 21.5. The number of hydrogen-bond acceptors (Lipinski definition) is 0. The number of aromatic nitrogens is 1. The molecule has 2 heteroatoms. The highest BCUT2D eigenvalue weighted by molar-refractivity contribution is 6.33. The third-order valence-electron chi connectivity index (χ3n) is 6.07. The van der Waals surface area contributed by atoms with E-state index in [1.807, 2.05) is 24.3 Å². The summed E-state index contributed by atoms with van der Waals surface area (Å²) >= 11 is 6.56. The molecular weight excluding hydrogens is 410 g/mol. The van der Waals surface area contributed by atoms with Crippen molar-refractivity contribution in [3.05, 3.63) is 126 Å². The number of hydrogen-bond donors (Lipinski definition) is 0. The van der Waals surface area contributed by atoms with Crippen molar-refractivity contribution in [3.8, 4) is 27.9 Å². The van der Waals surface area contributed by atoms with Gasteiger partial charge < -0.3 is 4.57 Å². The molecule has 1 nitrogen and oxygen atoms in total. The Balaban J connectivity index is 1.54. The molecule has 0 saturated heterocycles. The third-order valence-corrected chi connectivity index (χ3v) is 6.40. The number of rotatable bonds is 3. The van der Waals surface area contributed by atoms with E-state index in [4.69, 9.17) is 11.6 Å². The minimum Gasteiger partial charge on any atom is -0.309 e. The normalized spacial score (nSPS) is 11.3. The average molecular weight is 430 g/mol. The molecule has 152 valence electrons. The fourth-order valence-corrected chi connectivity index (χ4v) is 4.80. The van der Waals surface area contributed by atoms with Crippen LogP contribution in [-0.4, -0.2) is 4.57 Å². The van der Waals surface area contributed by atoms with Gasteiger partial charge in [-0.05, 0) is 53.1 Å². The van der Waals surface area contributed by atoms with Gasteiger partial charge in [0.25, 0.3) is 0 Å². The Morgan fingerprint density at radius 1 is 0.469 bits per heavy atom. The molecule has 5 aromatic carbocycles. The Morgan fingerprint density at radius 2 is 1.06 bits per heavy atom. The van der Waals surface area contributed by atoms with Gasteiger partial charge >= 0.3 is 0 Å². The molecule has 6 rings (SSSR count). The lowest BCUT2D eigenvalue weighted by Crippen LogP contribution is -1.94. The van der Waals surface area contributed by atoms with E-state index < -0.39 is 0 Å². The minimum atomic E-state index is 0.763. The Bertz CT molecular complexity index is 1520. The van der Waals surface area contributed by atoms with Crippen LogP contribution >= 0.6 is 11.6 Å². The molecule has 0 fully saturated rings. The Kier molecular flexibility index (Phi) is 4.56. The maximum atomic E-state index is 6.56. The third kappa shape index (κ3) is 3.10. The second-order valence-corrected chi connectivity index (χ2v) is 8.39. The molecule has 0 radical (unpaired) electrons. The van der Waals surface area contributed by atoms with Crippen molar-refractivity contribution >= 4 is 33.4 Å². The van der Waals surface area contributed by atoms with E-state index in [1.165, 1.54) is 27.4 Å². The molecule has 0 bridgehead atoms. The lowest BCUT2D eigenvalue weighted by atomic mass is 9.98. The van der Waals surface area contributed by atoms with Crippen LogP contribution in [0.2, 0.25) is 5.02 Å². The highest BCUT2D eigenvalue weighted by Crippen LogP contribution is 2.35. The monoisotopic (exact) mass is 429 g/mol.